The summed E-state index contributed by atoms with van der Waals surface area (Å²) in [4.78, 5) is 4.93. The molecule has 2 aliphatic heterocycles. The van der Waals surface area contributed by atoms with Gasteiger partial charge in [-0.2, -0.15) is 0 Å². The van der Waals surface area contributed by atoms with Crippen LogP contribution in [0.1, 0.15) is 12.8 Å². The molecule has 0 bridgehead atoms. The average molecular weight is 136 g/mol. The van der Waals surface area contributed by atoms with Crippen LogP contribution in [0.3, 0.4) is 0 Å². The number of hydrogen-bond donors (Lipinski definition) is 1. The zero-order valence-corrected chi connectivity index (χ0v) is 5.55. The van der Waals surface area contributed by atoms with E-state index in [1.54, 1.807) is 0 Å². The number of nitrogens with one attached hydrogen (secondary N) is 1. The molecular formula is C7H8N2O. The molecule has 52 valence electrons. The van der Waals surface area contributed by atoms with Gasteiger partial charge in [-0.3, -0.25) is 0 Å². The van der Waals surface area contributed by atoms with Gasteiger partial charge in [0.25, 0.3) is 0 Å². The number of rotatable bonds is 0. The Kier molecular flexibility index (Phi) is 1.22. The second-order valence-electron chi connectivity index (χ2n) is 2.34. The van der Waals surface area contributed by atoms with E-state index in [4.69, 9.17) is 4.84 Å². The molecule has 0 amide bonds. The zero-order valence-electron chi connectivity index (χ0n) is 5.55. The molecule has 0 fully saturated rings. The van der Waals surface area contributed by atoms with Gasteiger partial charge in [0.05, 0.1) is 0 Å². The highest BCUT2D eigenvalue weighted by molar-refractivity contribution is 5.58. The largest absolute Gasteiger partial charge is 0.354 e. The summed E-state index contributed by atoms with van der Waals surface area (Å²) in [6.45, 7) is 0.988. The van der Waals surface area contributed by atoms with E-state index in [1.165, 1.54) is 12.0 Å². The molecule has 0 aliphatic carbocycles. The fraction of sp³-hybridized carbons (Fsp3) is 0.429. The first-order valence-corrected chi connectivity index (χ1v) is 3.39. The van der Waals surface area contributed by atoms with Gasteiger partial charge in [-0.05, 0) is 18.0 Å². The predicted molar refractivity (Wildman–Crippen MR) is 37.4 cm³/mol. The van der Waals surface area contributed by atoms with Crippen molar-refractivity contribution in [3.63, 3.8) is 0 Å². The summed E-state index contributed by atoms with van der Waals surface area (Å²) in [7, 11) is 0. The number of nitrogens with zero attached hydrogens (tertiary/aromatic N) is 1. The molecule has 2 aliphatic rings. The molecule has 0 spiro atoms. The molecule has 0 aromatic rings. The van der Waals surface area contributed by atoms with Crippen LogP contribution in [0.5, 0.6) is 0 Å². The van der Waals surface area contributed by atoms with Gasteiger partial charge in [0.15, 0.2) is 0 Å². The second kappa shape index (κ2) is 2.20. The lowest BCUT2D eigenvalue weighted by Gasteiger charge is -2.17. The summed E-state index contributed by atoms with van der Waals surface area (Å²) in [5.41, 5.74) is 1.18. The molecule has 0 aromatic carbocycles. The van der Waals surface area contributed by atoms with Crippen LogP contribution in [0.4, 0.5) is 0 Å². The predicted octanol–water partition coefficient (Wildman–Crippen LogP) is 0.752. The van der Waals surface area contributed by atoms with Crippen LogP contribution >= 0.6 is 0 Å². The molecule has 2 rings (SSSR count). The smallest absolute Gasteiger partial charge is 0.227 e. The first-order chi connectivity index (χ1) is 4.97. The van der Waals surface area contributed by atoms with Crippen LogP contribution in [-0.2, 0) is 4.84 Å². The van der Waals surface area contributed by atoms with Crippen molar-refractivity contribution in [3.8, 4) is 0 Å². The third kappa shape index (κ3) is 0.807. The molecule has 2 heterocycles. The molecule has 0 unspecified atom stereocenters. The van der Waals surface area contributed by atoms with Crippen molar-refractivity contribution in [3.05, 3.63) is 17.5 Å². The molecule has 3 nitrogen and oxygen atoms in total. The van der Waals surface area contributed by atoms with E-state index in [-0.39, 0.29) is 0 Å². The van der Waals surface area contributed by atoms with Gasteiger partial charge in [-0.25, -0.2) is 0 Å². The first-order valence-electron chi connectivity index (χ1n) is 3.39. The zero-order chi connectivity index (χ0) is 6.81. The minimum Gasteiger partial charge on any atom is -0.354 e. The van der Waals surface area contributed by atoms with Crippen molar-refractivity contribution in [2.24, 2.45) is 5.16 Å². The van der Waals surface area contributed by atoms with Gasteiger partial charge in [-0.1, -0.05) is 0 Å². The summed E-state index contributed by atoms with van der Waals surface area (Å²) < 4.78 is 0. The highest BCUT2D eigenvalue weighted by Gasteiger charge is 2.12. The normalized spacial score (nSPS) is 21.6. The fourth-order valence-corrected chi connectivity index (χ4v) is 1.11. The Morgan fingerprint density at radius 3 is 3.60 bits per heavy atom. The average Bonchev–Trinajstić information content (AvgIpc) is 2.05. The molecule has 1 N–H and O–H groups in total. The van der Waals surface area contributed by atoms with E-state index in [9.17, 15) is 0 Å². The topological polar surface area (TPSA) is 33.6 Å². The second-order valence-corrected chi connectivity index (χ2v) is 2.34. The molecule has 10 heavy (non-hydrogen) atoms. The maximum atomic E-state index is 4.93. The van der Waals surface area contributed by atoms with Crippen LogP contribution in [0.2, 0.25) is 0 Å². The summed E-state index contributed by atoms with van der Waals surface area (Å²) in [5.74, 6) is 3.47. The highest BCUT2D eigenvalue weighted by Crippen LogP contribution is 2.17. The Balaban J connectivity index is 2.30. The summed E-state index contributed by atoms with van der Waals surface area (Å²) >= 11 is 0. The van der Waals surface area contributed by atoms with Gasteiger partial charge >= 0.3 is 0 Å². The van der Waals surface area contributed by atoms with Crippen LogP contribution < -0.4 is 5.32 Å². The fourth-order valence-electron chi connectivity index (χ4n) is 1.11. The maximum Gasteiger partial charge on any atom is 0.227 e. The maximum absolute atomic E-state index is 4.93. The highest BCUT2D eigenvalue weighted by atomic mass is 16.6. The standard InChI is InChI=1S/C7H8N2O/c1-2-6-3-5-9-10-7(6)8-4-1/h3,8H,1-2,4H2. The Morgan fingerprint density at radius 2 is 2.70 bits per heavy atom. The Bertz CT molecular complexity index is 236. The molecule has 3 heteroatoms. The van der Waals surface area contributed by atoms with E-state index in [0.29, 0.717) is 0 Å². The lowest BCUT2D eigenvalue weighted by Crippen LogP contribution is -2.23. The monoisotopic (exact) mass is 136 g/mol. The van der Waals surface area contributed by atoms with Crippen molar-refractivity contribution in [1.29, 1.82) is 0 Å². The van der Waals surface area contributed by atoms with Crippen molar-refractivity contribution >= 4 is 5.87 Å². The summed E-state index contributed by atoms with van der Waals surface area (Å²) in [6.07, 6.45) is 4.11. The summed E-state index contributed by atoms with van der Waals surface area (Å²) in [5, 5.41) is 6.65. The van der Waals surface area contributed by atoms with Gasteiger partial charge in [0.1, 0.15) is 0 Å². The SMILES string of the molecule is C1=CC2=C(NCCC2)ON=1. The lowest BCUT2D eigenvalue weighted by atomic mass is 10.1. The Hall–Kier alpha value is -1.21. The van der Waals surface area contributed by atoms with Crippen LogP contribution in [0.15, 0.2) is 22.7 Å². The van der Waals surface area contributed by atoms with E-state index in [1.807, 2.05) is 6.08 Å². The Labute approximate surface area is 59.1 Å². The van der Waals surface area contributed by atoms with Gasteiger partial charge in [0.2, 0.25) is 5.88 Å². The van der Waals surface area contributed by atoms with Crippen molar-refractivity contribution in [1.82, 2.24) is 5.32 Å². The van der Waals surface area contributed by atoms with Crippen LogP contribution in [-0.4, -0.2) is 12.4 Å². The van der Waals surface area contributed by atoms with E-state index in [2.05, 4.69) is 16.3 Å². The Morgan fingerprint density at radius 1 is 1.70 bits per heavy atom. The quantitative estimate of drug-likeness (QED) is 0.533. The van der Waals surface area contributed by atoms with Crippen LogP contribution in [0.25, 0.3) is 0 Å². The molecule has 0 atom stereocenters. The first kappa shape index (κ1) is 5.57. The summed E-state index contributed by atoms with van der Waals surface area (Å²) in [6, 6.07) is 0. The molecule has 0 aromatic heterocycles. The van der Waals surface area contributed by atoms with Crippen molar-refractivity contribution < 1.29 is 4.84 Å². The third-order valence-electron chi connectivity index (χ3n) is 1.63. The molecular weight excluding hydrogens is 128 g/mol. The minimum absolute atomic E-state index is 0.810. The third-order valence-corrected chi connectivity index (χ3v) is 1.63. The van der Waals surface area contributed by atoms with E-state index < -0.39 is 0 Å². The van der Waals surface area contributed by atoms with E-state index >= 15 is 0 Å². The van der Waals surface area contributed by atoms with Gasteiger partial charge in [0, 0.05) is 24.1 Å². The molecule has 0 saturated heterocycles. The van der Waals surface area contributed by atoms with Crippen molar-refractivity contribution in [2.45, 2.75) is 12.8 Å². The number of allylic oxidation sites excluding steroid dienone is 2. The van der Waals surface area contributed by atoms with E-state index in [0.717, 1.165) is 18.8 Å². The minimum atomic E-state index is 0.810. The van der Waals surface area contributed by atoms with Gasteiger partial charge in [-0.15, -0.1) is 0 Å². The molecule has 0 radical (unpaired) electrons. The van der Waals surface area contributed by atoms with Crippen LogP contribution in [0, 0.1) is 0 Å². The number of hydrogen-bond acceptors (Lipinski definition) is 3. The lowest BCUT2D eigenvalue weighted by molar-refractivity contribution is 0.194. The van der Waals surface area contributed by atoms with Crippen molar-refractivity contribution in [2.75, 3.05) is 6.54 Å². The molecule has 0 saturated carbocycles. The van der Waals surface area contributed by atoms with Gasteiger partial charge < -0.3 is 10.2 Å².